The van der Waals surface area contributed by atoms with Gasteiger partial charge in [-0.2, -0.15) is 0 Å². The Balaban J connectivity index is 1.25. The van der Waals surface area contributed by atoms with Gasteiger partial charge >= 0.3 is 6.09 Å². The standard InChI is InChI=1S/C23H28N2O3S/c1-17-3-9-21(10-4-17)29-22-11-13-24(14-12-22)15-20-16-25(23(26)28-20)18-5-7-19(27-2)8-6-18/h3-10,20,22H,11-16H2,1-2H3/t20-/m0/s1. The quantitative estimate of drug-likeness (QED) is 0.694. The Hall–Kier alpha value is -2.18. The van der Waals surface area contributed by atoms with Crippen LogP contribution in [0.15, 0.2) is 53.4 Å². The number of nitrogens with zero attached hydrogens (tertiary/aromatic N) is 2. The van der Waals surface area contributed by atoms with E-state index >= 15 is 0 Å². The molecule has 2 saturated heterocycles. The fourth-order valence-corrected chi connectivity index (χ4v) is 5.02. The lowest BCUT2D eigenvalue weighted by Gasteiger charge is -2.32. The van der Waals surface area contributed by atoms with Crippen LogP contribution in [0, 0.1) is 6.92 Å². The molecular weight excluding hydrogens is 384 g/mol. The normalized spacial score (nSPS) is 20.7. The first-order valence-corrected chi connectivity index (χ1v) is 11.1. The molecule has 0 radical (unpaired) electrons. The highest BCUT2D eigenvalue weighted by atomic mass is 32.2. The van der Waals surface area contributed by atoms with Crippen molar-refractivity contribution >= 4 is 23.5 Å². The minimum Gasteiger partial charge on any atom is -0.497 e. The second-order valence-electron chi connectivity index (χ2n) is 7.75. The maximum absolute atomic E-state index is 12.3. The first kappa shape index (κ1) is 20.1. The summed E-state index contributed by atoms with van der Waals surface area (Å²) in [5.41, 5.74) is 2.16. The topological polar surface area (TPSA) is 42.0 Å². The van der Waals surface area contributed by atoms with Crippen LogP contribution in [0.4, 0.5) is 10.5 Å². The van der Waals surface area contributed by atoms with Gasteiger partial charge in [-0.1, -0.05) is 17.7 Å². The molecule has 6 heteroatoms. The largest absolute Gasteiger partial charge is 0.497 e. The predicted octanol–water partition coefficient (Wildman–Crippen LogP) is 4.59. The van der Waals surface area contributed by atoms with E-state index in [1.807, 2.05) is 36.0 Å². The van der Waals surface area contributed by atoms with Gasteiger partial charge in [-0.15, -0.1) is 11.8 Å². The van der Waals surface area contributed by atoms with Crippen molar-refractivity contribution in [2.45, 2.75) is 36.0 Å². The average molecular weight is 413 g/mol. The van der Waals surface area contributed by atoms with Crippen LogP contribution in [0.25, 0.3) is 0 Å². The summed E-state index contributed by atoms with van der Waals surface area (Å²) in [4.78, 5) is 17.8. The Bertz CT molecular complexity index is 817. The maximum Gasteiger partial charge on any atom is 0.414 e. The molecule has 0 unspecified atom stereocenters. The van der Waals surface area contributed by atoms with Crippen LogP contribution in [0.5, 0.6) is 5.75 Å². The third-order valence-corrected chi connectivity index (χ3v) is 6.93. The van der Waals surface area contributed by atoms with Gasteiger partial charge in [0.25, 0.3) is 0 Å². The van der Waals surface area contributed by atoms with E-state index in [9.17, 15) is 4.79 Å². The Morgan fingerprint density at radius 1 is 1.07 bits per heavy atom. The van der Waals surface area contributed by atoms with Crippen molar-refractivity contribution in [1.29, 1.82) is 0 Å². The van der Waals surface area contributed by atoms with Gasteiger partial charge < -0.3 is 9.47 Å². The summed E-state index contributed by atoms with van der Waals surface area (Å²) >= 11 is 1.99. The summed E-state index contributed by atoms with van der Waals surface area (Å²) in [5.74, 6) is 0.782. The number of likely N-dealkylation sites (tertiary alicyclic amines) is 1. The molecule has 2 aliphatic rings. The molecule has 2 fully saturated rings. The lowest BCUT2D eigenvalue weighted by atomic mass is 10.1. The van der Waals surface area contributed by atoms with E-state index in [0.29, 0.717) is 11.8 Å². The highest BCUT2D eigenvalue weighted by Gasteiger charge is 2.34. The van der Waals surface area contributed by atoms with Gasteiger partial charge in [0.1, 0.15) is 11.9 Å². The van der Waals surface area contributed by atoms with Crippen LogP contribution in [0.3, 0.4) is 0 Å². The first-order valence-electron chi connectivity index (χ1n) is 10.2. The van der Waals surface area contributed by atoms with E-state index in [-0.39, 0.29) is 12.2 Å². The third-order valence-electron chi connectivity index (χ3n) is 5.58. The van der Waals surface area contributed by atoms with Gasteiger partial charge in [0.05, 0.1) is 13.7 Å². The van der Waals surface area contributed by atoms with Crippen molar-refractivity contribution in [2.24, 2.45) is 0 Å². The molecule has 1 amide bonds. The number of carbonyl (C=O) groups is 1. The molecule has 0 bridgehead atoms. The zero-order chi connectivity index (χ0) is 20.2. The number of aryl methyl sites for hydroxylation is 1. The third kappa shape index (κ3) is 5.06. The monoisotopic (exact) mass is 412 g/mol. The summed E-state index contributed by atoms with van der Waals surface area (Å²) in [6.45, 7) is 5.64. The Morgan fingerprint density at radius 2 is 1.76 bits per heavy atom. The van der Waals surface area contributed by atoms with Crippen LogP contribution in [0.1, 0.15) is 18.4 Å². The number of thioether (sulfide) groups is 1. The fraction of sp³-hybridized carbons (Fsp3) is 0.435. The van der Waals surface area contributed by atoms with Crippen LogP contribution in [-0.4, -0.2) is 55.6 Å². The van der Waals surface area contributed by atoms with E-state index < -0.39 is 0 Å². The number of ether oxygens (including phenoxy) is 2. The van der Waals surface area contributed by atoms with Crippen molar-refractivity contribution in [1.82, 2.24) is 4.90 Å². The Morgan fingerprint density at radius 3 is 2.41 bits per heavy atom. The molecule has 0 spiro atoms. The average Bonchev–Trinajstić information content (AvgIpc) is 3.11. The number of benzene rings is 2. The summed E-state index contributed by atoms with van der Waals surface area (Å²) in [7, 11) is 1.64. The second-order valence-corrected chi connectivity index (χ2v) is 9.12. The summed E-state index contributed by atoms with van der Waals surface area (Å²) in [6, 6.07) is 16.3. The maximum atomic E-state index is 12.3. The number of hydrogen-bond donors (Lipinski definition) is 0. The van der Waals surface area contributed by atoms with Crippen molar-refractivity contribution in [2.75, 3.05) is 38.2 Å². The van der Waals surface area contributed by atoms with E-state index in [4.69, 9.17) is 9.47 Å². The molecule has 0 aromatic heterocycles. The Labute approximate surface area is 177 Å². The van der Waals surface area contributed by atoms with Crippen LogP contribution in [-0.2, 0) is 4.74 Å². The summed E-state index contributed by atoms with van der Waals surface area (Å²) in [6.07, 6.45) is 2.00. The lowest BCUT2D eigenvalue weighted by molar-refractivity contribution is 0.101. The number of cyclic esters (lactones) is 1. The van der Waals surface area contributed by atoms with Gasteiger partial charge in [-0.3, -0.25) is 9.80 Å². The SMILES string of the molecule is COc1ccc(N2C[C@H](CN3CCC(Sc4ccc(C)cc4)CC3)OC2=O)cc1. The molecule has 29 heavy (non-hydrogen) atoms. The molecule has 2 heterocycles. The number of anilines is 1. The lowest BCUT2D eigenvalue weighted by Crippen LogP contribution is -2.40. The highest BCUT2D eigenvalue weighted by molar-refractivity contribution is 8.00. The molecule has 5 nitrogen and oxygen atoms in total. The number of amides is 1. The zero-order valence-electron chi connectivity index (χ0n) is 17.0. The van der Waals surface area contributed by atoms with E-state index in [2.05, 4.69) is 36.1 Å². The van der Waals surface area contributed by atoms with Gasteiger partial charge in [0.2, 0.25) is 0 Å². The van der Waals surface area contributed by atoms with E-state index in [1.54, 1.807) is 12.0 Å². The first-order chi connectivity index (χ1) is 14.1. The molecule has 0 N–H and O–H groups in total. The molecule has 2 aromatic rings. The Kier molecular flexibility index (Phi) is 6.31. The molecule has 4 rings (SSSR count). The molecule has 1 atom stereocenters. The van der Waals surface area contributed by atoms with Crippen molar-refractivity contribution in [3.05, 3.63) is 54.1 Å². The van der Waals surface area contributed by atoms with Gasteiger partial charge in [-0.25, -0.2) is 4.79 Å². The smallest absolute Gasteiger partial charge is 0.414 e. The van der Waals surface area contributed by atoms with Gasteiger partial charge in [0.15, 0.2) is 0 Å². The van der Waals surface area contributed by atoms with Crippen molar-refractivity contribution < 1.29 is 14.3 Å². The van der Waals surface area contributed by atoms with Crippen molar-refractivity contribution in [3.63, 3.8) is 0 Å². The molecular formula is C23H28N2O3S. The molecule has 0 saturated carbocycles. The van der Waals surface area contributed by atoms with Crippen LogP contribution in [0.2, 0.25) is 0 Å². The van der Waals surface area contributed by atoms with Crippen LogP contribution < -0.4 is 9.64 Å². The van der Waals surface area contributed by atoms with Crippen LogP contribution >= 0.6 is 11.8 Å². The summed E-state index contributed by atoms with van der Waals surface area (Å²) in [5, 5.41) is 0.663. The minimum absolute atomic E-state index is 0.0779. The number of rotatable bonds is 6. The molecule has 2 aliphatic heterocycles. The van der Waals surface area contributed by atoms with E-state index in [1.165, 1.54) is 23.3 Å². The number of piperidine rings is 1. The van der Waals surface area contributed by atoms with Gasteiger partial charge in [-0.05, 0) is 69.3 Å². The van der Waals surface area contributed by atoms with Crippen molar-refractivity contribution in [3.8, 4) is 5.75 Å². The number of hydrogen-bond acceptors (Lipinski definition) is 5. The minimum atomic E-state index is -0.259. The molecule has 0 aliphatic carbocycles. The number of methoxy groups -OCH3 is 1. The molecule has 154 valence electrons. The highest BCUT2D eigenvalue weighted by Crippen LogP contribution is 2.31. The summed E-state index contributed by atoms with van der Waals surface area (Å²) < 4.78 is 10.8. The predicted molar refractivity (Wildman–Crippen MR) is 117 cm³/mol. The number of carbonyl (C=O) groups excluding carboxylic acids is 1. The molecule has 2 aromatic carbocycles. The van der Waals surface area contributed by atoms with Gasteiger partial charge in [0, 0.05) is 22.4 Å². The second kappa shape index (κ2) is 9.09. The fourth-order valence-electron chi connectivity index (χ4n) is 3.90. The zero-order valence-corrected chi connectivity index (χ0v) is 17.9. The van der Waals surface area contributed by atoms with E-state index in [0.717, 1.165) is 31.1 Å².